The molecule has 1 aromatic rings. The number of carbonyl (C=O) groups excluding carboxylic acids is 1. The summed E-state index contributed by atoms with van der Waals surface area (Å²) in [5.41, 5.74) is 1.34. The number of methoxy groups -OCH3 is 1. The highest BCUT2D eigenvalue weighted by molar-refractivity contribution is 5.97. The number of nitrogens with one attached hydrogen (secondary N) is 1. The van der Waals surface area contributed by atoms with Gasteiger partial charge in [0.05, 0.1) is 6.61 Å². The van der Waals surface area contributed by atoms with E-state index in [2.05, 4.69) is 22.3 Å². The topological polar surface area (TPSA) is 68.6 Å². The van der Waals surface area contributed by atoms with Crippen LogP contribution in [0.2, 0.25) is 0 Å². The molecule has 1 amide bonds. The van der Waals surface area contributed by atoms with Crippen LogP contribution in [0, 0.1) is 11.3 Å². The van der Waals surface area contributed by atoms with Gasteiger partial charge in [-0.2, -0.15) is 5.26 Å². The Labute approximate surface area is 136 Å². The maximum atomic E-state index is 11.9. The van der Waals surface area contributed by atoms with Crippen LogP contribution in [-0.2, 0) is 9.53 Å². The summed E-state index contributed by atoms with van der Waals surface area (Å²) in [7, 11) is 1.57. The van der Waals surface area contributed by atoms with Gasteiger partial charge in [-0.15, -0.1) is 0 Å². The van der Waals surface area contributed by atoms with Crippen molar-refractivity contribution in [2.75, 3.05) is 51.3 Å². The smallest absolute Gasteiger partial charge is 0.263 e. The molecule has 0 bridgehead atoms. The van der Waals surface area contributed by atoms with Crippen molar-refractivity contribution in [1.82, 2.24) is 10.2 Å². The van der Waals surface area contributed by atoms with E-state index >= 15 is 0 Å². The van der Waals surface area contributed by atoms with Crippen molar-refractivity contribution in [2.45, 2.75) is 0 Å². The number of hydrogen-bond donors (Lipinski definition) is 1. The summed E-state index contributed by atoms with van der Waals surface area (Å²) in [6, 6.07) is 12.2. The van der Waals surface area contributed by atoms with Crippen LogP contribution in [0.5, 0.6) is 0 Å². The van der Waals surface area contributed by atoms with Crippen LogP contribution in [0.15, 0.2) is 42.1 Å². The quantitative estimate of drug-likeness (QED) is 0.481. The second-order valence-corrected chi connectivity index (χ2v) is 5.26. The number of amides is 1. The largest absolute Gasteiger partial charge is 0.383 e. The second-order valence-electron chi connectivity index (χ2n) is 5.26. The van der Waals surface area contributed by atoms with E-state index in [0.29, 0.717) is 13.2 Å². The molecule has 122 valence electrons. The lowest BCUT2D eigenvalue weighted by atomic mass is 10.2. The summed E-state index contributed by atoms with van der Waals surface area (Å²) in [5.74, 6) is -0.352. The summed E-state index contributed by atoms with van der Waals surface area (Å²) in [4.78, 5) is 16.2. The van der Waals surface area contributed by atoms with E-state index in [1.165, 1.54) is 5.69 Å². The van der Waals surface area contributed by atoms with Crippen molar-refractivity contribution >= 4 is 11.6 Å². The first-order valence-electron chi connectivity index (χ1n) is 7.67. The second kappa shape index (κ2) is 8.81. The Balaban J connectivity index is 1.88. The highest BCUT2D eigenvalue weighted by Gasteiger charge is 2.17. The van der Waals surface area contributed by atoms with Crippen molar-refractivity contribution in [3.8, 4) is 6.07 Å². The van der Waals surface area contributed by atoms with Crippen molar-refractivity contribution in [3.63, 3.8) is 0 Å². The molecule has 1 aliphatic rings. The molecule has 1 aliphatic heterocycles. The predicted molar refractivity (Wildman–Crippen MR) is 88.8 cm³/mol. The standard InChI is InChI=1S/C17H22N4O2/c1-23-12-7-19-17(22)15(13-18)14-20-8-10-21(11-9-20)16-5-3-2-4-6-16/h2-6,14H,7-12H2,1H3,(H,19,22)/b15-14-. The molecular formula is C17H22N4O2. The van der Waals surface area contributed by atoms with Crippen molar-refractivity contribution in [3.05, 3.63) is 42.1 Å². The Bertz CT molecular complexity index is 572. The first kappa shape index (κ1) is 16.8. The molecule has 1 aromatic carbocycles. The molecule has 1 N–H and O–H groups in total. The molecule has 0 atom stereocenters. The number of nitriles is 1. The van der Waals surface area contributed by atoms with E-state index < -0.39 is 0 Å². The third kappa shape index (κ3) is 5.01. The third-order valence-corrected chi connectivity index (χ3v) is 3.70. The molecule has 0 aliphatic carbocycles. The molecule has 23 heavy (non-hydrogen) atoms. The average molecular weight is 314 g/mol. The lowest BCUT2D eigenvalue weighted by Crippen LogP contribution is -2.44. The van der Waals surface area contributed by atoms with E-state index in [1.54, 1.807) is 13.3 Å². The number of benzene rings is 1. The van der Waals surface area contributed by atoms with Crippen LogP contribution in [0.3, 0.4) is 0 Å². The molecule has 0 saturated carbocycles. The van der Waals surface area contributed by atoms with Gasteiger partial charge in [0.25, 0.3) is 5.91 Å². The zero-order chi connectivity index (χ0) is 16.5. The Morgan fingerprint density at radius 1 is 1.30 bits per heavy atom. The Morgan fingerprint density at radius 2 is 2.00 bits per heavy atom. The lowest BCUT2D eigenvalue weighted by molar-refractivity contribution is -0.117. The monoisotopic (exact) mass is 314 g/mol. The maximum Gasteiger partial charge on any atom is 0.263 e. The fraction of sp³-hybridized carbons (Fsp3) is 0.412. The Kier molecular flexibility index (Phi) is 6.45. The Morgan fingerprint density at radius 3 is 2.61 bits per heavy atom. The van der Waals surface area contributed by atoms with Gasteiger partial charge in [0.1, 0.15) is 11.6 Å². The summed E-state index contributed by atoms with van der Waals surface area (Å²) in [5, 5.41) is 11.8. The highest BCUT2D eigenvalue weighted by Crippen LogP contribution is 2.15. The minimum absolute atomic E-state index is 0.134. The highest BCUT2D eigenvalue weighted by atomic mass is 16.5. The van der Waals surface area contributed by atoms with Gasteiger partial charge in [-0.05, 0) is 12.1 Å². The molecule has 1 saturated heterocycles. The van der Waals surface area contributed by atoms with Crippen molar-refractivity contribution < 1.29 is 9.53 Å². The molecule has 0 unspecified atom stereocenters. The van der Waals surface area contributed by atoms with E-state index in [-0.39, 0.29) is 11.5 Å². The van der Waals surface area contributed by atoms with Gasteiger partial charge in [-0.25, -0.2) is 0 Å². The molecule has 6 nitrogen and oxygen atoms in total. The minimum atomic E-state index is -0.352. The van der Waals surface area contributed by atoms with Gasteiger partial charge < -0.3 is 19.9 Å². The summed E-state index contributed by atoms with van der Waals surface area (Å²) < 4.78 is 4.88. The number of para-hydroxylation sites is 1. The molecular weight excluding hydrogens is 292 g/mol. The van der Waals surface area contributed by atoms with Gasteiger partial charge in [0.15, 0.2) is 0 Å². The van der Waals surface area contributed by atoms with Crippen molar-refractivity contribution in [2.24, 2.45) is 0 Å². The molecule has 1 heterocycles. The van der Waals surface area contributed by atoms with Crippen LogP contribution >= 0.6 is 0 Å². The molecule has 0 spiro atoms. The van der Waals surface area contributed by atoms with Crippen LogP contribution < -0.4 is 10.2 Å². The van der Waals surface area contributed by atoms with Crippen molar-refractivity contribution in [1.29, 1.82) is 5.26 Å². The summed E-state index contributed by atoms with van der Waals surface area (Å²) >= 11 is 0. The first-order valence-corrected chi connectivity index (χ1v) is 7.67. The molecule has 0 radical (unpaired) electrons. The van der Waals surface area contributed by atoms with Crippen LogP contribution in [0.4, 0.5) is 5.69 Å². The van der Waals surface area contributed by atoms with E-state index in [9.17, 15) is 4.79 Å². The van der Waals surface area contributed by atoms with Gasteiger partial charge in [0, 0.05) is 51.7 Å². The number of carbonyl (C=O) groups is 1. The van der Waals surface area contributed by atoms with Gasteiger partial charge in [0.2, 0.25) is 0 Å². The summed E-state index contributed by atoms with van der Waals surface area (Å²) in [6.45, 7) is 4.13. The number of piperazine rings is 1. The van der Waals surface area contributed by atoms with E-state index in [0.717, 1.165) is 26.2 Å². The van der Waals surface area contributed by atoms with Crippen LogP contribution in [-0.4, -0.2) is 57.2 Å². The average Bonchev–Trinajstić information content (AvgIpc) is 2.61. The molecule has 2 rings (SSSR count). The van der Waals surface area contributed by atoms with E-state index in [1.807, 2.05) is 29.2 Å². The van der Waals surface area contributed by atoms with Gasteiger partial charge >= 0.3 is 0 Å². The zero-order valence-corrected chi connectivity index (χ0v) is 13.4. The Hall–Kier alpha value is -2.52. The minimum Gasteiger partial charge on any atom is -0.383 e. The van der Waals surface area contributed by atoms with Crippen LogP contribution in [0.1, 0.15) is 0 Å². The molecule has 0 aromatic heterocycles. The number of rotatable bonds is 6. The fourth-order valence-corrected chi connectivity index (χ4v) is 2.43. The third-order valence-electron chi connectivity index (χ3n) is 3.70. The zero-order valence-electron chi connectivity index (χ0n) is 13.4. The van der Waals surface area contributed by atoms with Crippen LogP contribution in [0.25, 0.3) is 0 Å². The van der Waals surface area contributed by atoms with Gasteiger partial charge in [-0.3, -0.25) is 4.79 Å². The van der Waals surface area contributed by atoms with E-state index in [4.69, 9.17) is 10.00 Å². The summed E-state index contributed by atoms with van der Waals surface area (Å²) in [6.07, 6.45) is 1.66. The number of nitrogens with zero attached hydrogens (tertiary/aromatic N) is 3. The normalized spacial score (nSPS) is 15.2. The fourth-order valence-electron chi connectivity index (χ4n) is 2.43. The molecule has 6 heteroatoms. The number of ether oxygens (including phenoxy) is 1. The SMILES string of the molecule is COCCNC(=O)/C(C#N)=C\N1CCN(c2ccccc2)CC1. The maximum absolute atomic E-state index is 11.9. The lowest BCUT2D eigenvalue weighted by Gasteiger charge is -2.35. The number of hydrogen-bond acceptors (Lipinski definition) is 5. The molecule has 1 fully saturated rings. The first-order chi connectivity index (χ1) is 11.2. The van der Waals surface area contributed by atoms with Gasteiger partial charge in [-0.1, -0.05) is 18.2 Å². The predicted octanol–water partition coefficient (Wildman–Crippen LogP) is 0.979. The number of anilines is 1.